The number of aryl methyl sites for hydroxylation is 2. The van der Waals surface area contributed by atoms with Crippen LogP contribution in [0, 0.1) is 6.92 Å². The van der Waals surface area contributed by atoms with Gasteiger partial charge in [0, 0.05) is 12.7 Å². The van der Waals surface area contributed by atoms with E-state index < -0.39 is 6.10 Å². The van der Waals surface area contributed by atoms with Gasteiger partial charge in [0.1, 0.15) is 5.82 Å². The molecule has 1 atom stereocenters. The third-order valence-corrected chi connectivity index (χ3v) is 3.52. The van der Waals surface area contributed by atoms with Gasteiger partial charge in [-0.2, -0.15) is 0 Å². The van der Waals surface area contributed by atoms with Gasteiger partial charge in [0.25, 0.3) is 5.91 Å². The lowest BCUT2D eigenvalue weighted by Crippen LogP contribution is -2.30. The number of carbonyl (C=O) groups is 1. The number of aromatic nitrogens is 3. The van der Waals surface area contributed by atoms with Crippen molar-refractivity contribution in [3.05, 3.63) is 48.2 Å². The summed E-state index contributed by atoms with van der Waals surface area (Å²) in [4.78, 5) is 16.5. The molecule has 0 saturated carbocycles. The summed E-state index contributed by atoms with van der Waals surface area (Å²) in [6.07, 6.45) is -0.685. The molecular weight excluding hydrogens is 292 g/mol. The predicted molar refractivity (Wildman–Crippen MR) is 88.4 cm³/mol. The summed E-state index contributed by atoms with van der Waals surface area (Å²) in [5.41, 5.74) is 1.79. The summed E-state index contributed by atoms with van der Waals surface area (Å²) in [5.74, 6) is 0.692. The zero-order valence-corrected chi connectivity index (χ0v) is 13.3. The van der Waals surface area contributed by atoms with Crippen LogP contribution < -0.4 is 10.1 Å². The second-order valence-corrected chi connectivity index (χ2v) is 5.36. The van der Waals surface area contributed by atoms with Crippen LogP contribution in [0.5, 0.6) is 5.88 Å². The van der Waals surface area contributed by atoms with E-state index in [2.05, 4.69) is 15.4 Å². The van der Waals surface area contributed by atoms with Crippen molar-refractivity contribution in [1.82, 2.24) is 14.8 Å². The van der Waals surface area contributed by atoms with Crippen LogP contribution in [0.25, 0.3) is 10.9 Å². The summed E-state index contributed by atoms with van der Waals surface area (Å²) < 4.78 is 7.47. The quantitative estimate of drug-likeness (QED) is 0.804. The summed E-state index contributed by atoms with van der Waals surface area (Å²) in [6, 6.07) is 13.2. The lowest BCUT2D eigenvalue weighted by atomic mass is 10.2. The number of benzene rings is 1. The second kappa shape index (κ2) is 6.08. The molecule has 3 rings (SSSR count). The minimum absolute atomic E-state index is 0.266. The second-order valence-electron chi connectivity index (χ2n) is 5.36. The van der Waals surface area contributed by atoms with E-state index in [1.54, 1.807) is 17.7 Å². The Morgan fingerprint density at radius 1 is 1.22 bits per heavy atom. The largest absolute Gasteiger partial charge is 0.463 e. The molecule has 0 aliphatic carbocycles. The monoisotopic (exact) mass is 310 g/mol. The number of amides is 1. The first kappa shape index (κ1) is 15.0. The van der Waals surface area contributed by atoms with E-state index in [9.17, 15) is 4.79 Å². The van der Waals surface area contributed by atoms with Crippen LogP contribution in [0.1, 0.15) is 12.6 Å². The van der Waals surface area contributed by atoms with Gasteiger partial charge in [-0.1, -0.05) is 18.2 Å². The van der Waals surface area contributed by atoms with E-state index in [4.69, 9.17) is 4.74 Å². The predicted octanol–water partition coefficient (Wildman–Crippen LogP) is 2.68. The summed E-state index contributed by atoms with van der Waals surface area (Å²) in [6.45, 7) is 3.56. The van der Waals surface area contributed by atoms with E-state index >= 15 is 0 Å². The van der Waals surface area contributed by atoms with Gasteiger partial charge in [0.05, 0.1) is 10.9 Å². The number of anilines is 1. The van der Waals surface area contributed by atoms with Crippen molar-refractivity contribution in [3.8, 4) is 5.88 Å². The van der Waals surface area contributed by atoms with Gasteiger partial charge in [0.15, 0.2) is 6.10 Å². The number of pyridine rings is 1. The van der Waals surface area contributed by atoms with Crippen molar-refractivity contribution in [2.75, 3.05) is 5.32 Å². The van der Waals surface area contributed by atoms with Crippen molar-refractivity contribution in [1.29, 1.82) is 0 Å². The van der Waals surface area contributed by atoms with E-state index in [0.29, 0.717) is 11.7 Å². The topological polar surface area (TPSA) is 69.0 Å². The van der Waals surface area contributed by atoms with Gasteiger partial charge < -0.3 is 10.1 Å². The summed E-state index contributed by atoms with van der Waals surface area (Å²) >= 11 is 0. The van der Waals surface area contributed by atoms with Crippen LogP contribution in [0.3, 0.4) is 0 Å². The first-order valence-electron chi connectivity index (χ1n) is 7.37. The highest BCUT2D eigenvalue weighted by atomic mass is 16.5. The first-order valence-corrected chi connectivity index (χ1v) is 7.37. The fraction of sp³-hybridized carbons (Fsp3) is 0.235. The Morgan fingerprint density at radius 2 is 2.00 bits per heavy atom. The Kier molecular flexibility index (Phi) is 3.97. The zero-order valence-electron chi connectivity index (χ0n) is 13.3. The van der Waals surface area contributed by atoms with Crippen LogP contribution in [-0.4, -0.2) is 26.8 Å². The normalized spacial score (nSPS) is 12.1. The Balaban J connectivity index is 1.75. The Bertz CT molecular complexity index is 857. The van der Waals surface area contributed by atoms with Gasteiger partial charge in [-0.3, -0.25) is 9.48 Å². The highest BCUT2D eigenvalue weighted by Gasteiger charge is 2.19. The average molecular weight is 310 g/mol. The lowest BCUT2D eigenvalue weighted by Gasteiger charge is -2.13. The highest BCUT2D eigenvalue weighted by Crippen LogP contribution is 2.24. The first-order chi connectivity index (χ1) is 11.0. The molecule has 2 heterocycles. The van der Waals surface area contributed by atoms with Crippen LogP contribution in [0.4, 0.5) is 5.82 Å². The van der Waals surface area contributed by atoms with Gasteiger partial charge in [0.2, 0.25) is 5.88 Å². The molecule has 0 aliphatic heterocycles. The fourth-order valence-electron chi connectivity index (χ4n) is 2.33. The number of ether oxygens (including phenoxy) is 1. The standard InChI is InChI=1S/C17H18N4O2/c1-11-7-6-10-15(18-11)19-16(22)12(2)23-17-13-8-4-5-9-14(13)21(3)20-17/h4-10,12H,1-3H3,(H,18,19,22)/t12-/m0/s1. The maximum Gasteiger partial charge on any atom is 0.266 e. The maximum absolute atomic E-state index is 12.3. The SMILES string of the molecule is Cc1cccc(NC(=O)[C@H](C)Oc2nn(C)c3ccccc23)n1. The lowest BCUT2D eigenvalue weighted by molar-refractivity contribution is -0.122. The molecule has 1 N–H and O–H groups in total. The molecule has 6 heteroatoms. The van der Waals surface area contributed by atoms with Crippen LogP contribution in [0.2, 0.25) is 0 Å². The minimum Gasteiger partial charge on any atom is -0.463 e. The van der Waals surface area contributed by atoms with Crippen LogP contribution in [-0.2, 0) is 11.8 Å². The molecule has 0 bridgehead atoms. The number of hydrogen-bond donors (Lipinski definition) is 1. The van der Waals surface area contributed by atoms with E-state index in [1.165, 1.54) is 0 Å². The van der Waals surface area contributed by atoms with E-state index in [1.807, 2.05) is 50.4 Å². The molecule has 0 unspecified atom stereocenters. The molecule has 6 nitrogen and oxygen atoms in total. The number of nitrogens with one attached hydrogen (secondary N) is 1. The highest BCUT2D eigenvalue weighted by molar-refractivity contribution is 5.93. The number of hydrogen-bond acceptors (Lipinski definition) is 4. The van der Waals surface area contributed by atoms with Crippen molar-refractivity contribution in [3.63, 3.8) is 0 Å². The Morgan fingerprint density at radius 3 is 2.78 bits per heavy atom. The molecule has 1 aromatic carbocycles. The molecule has 0 radical (unpaired) electrons. The summed E-state index contributed by atoms with van der Waals surface area (Å²) in [5, 5.41) is 7.96. The molecule has 0 aliphatic rings. The molecule has 2 aromatic heterocycles. The van der Waals surface area contributed by atoms with Crippen molar-refractivity contribution < 1.29 is 9.53 Å². The van der Waals surface area contributed by atoms with E-state index in [-0.39, 0.29) is 5.91 Å². The van der Waals surface area contributed by atoms with Crippen LogP contribution in [0.15, 0.2) is 42.5 Å². The molecule has 3 aromatic rings. The number of para-hydroxylation sites is 1. The van der Waals surface area contributed by atoms with Gasteiger partial charge in [-0.25, -0.2) is 4.98 Å². The third kappa shape index (κ3) is 3.15. The number of nitrogens with zero attached hydrogens (tertiary/aromatic N) is 3. The van der Waals surface area contributed by atoms with Crippen molar-refractivity contribution in [2.24, 2.45) is 7.05 Å². The molecule has 118 valence electrons. The van der Waals surface area contributed by atoms with Gasteiger partial charge >= 0.3 is 0 Å². The van der Waals surface area contributed by atoms with E-state index in [0.717, 1.165) is 16.6 Å². The number of fused-ring (bicyclic) bond motifs is 1. The number of rotatable bonds is 4. The Hall–Kier alpha value is -2.89. The molecule has 0 spiro atoms. The fourth-order valence-corrected chi connectivity index (χ4v) is 2.33. The molecule has 1 amide bonds. The molecule has 0 saturated heterocycles. The van der Waals surface area contributed by atoms with Gasteiger partial charge in [-0.05, 0) is 38.1 Å². The number of carbonyl (C=O) groups excluding carboxylic acids is 1. The zero-order chi connectivity index (χ0) is 16.4. The van der Waals surface area contributed by atoms with Gasteiger partial charge in [-0.15, -0.1) is 5.10 Å². The smallest absolute Gasteiger partial charge is 0.266 e. The van der Waals surface area contributed by atoms with Crippen molar-refractivity contribution >= 4 is 22.6 Å². The molecule has 0 fully saturated rings. The molecular formula is C17H18N4O2. The molecule has 23 heavy (non-hydrogen) atoms. The van der Waals surface area contributed by atoms with Crippen molar-refractivity contribution in [2.45, 2.75) is 20.0 Å². The third-order valence-electron chi connectivity index (χ3n) is 3.52. The minimum atomic E-state index is -0.685. The Labute approximate surface area is 134 Å². The summed E-state index contributed by atoms with van der Waals surface area (Å²) in [7, 11) is 1.84. The average Bonchev–Trinajstić information content (AvgIpc) is 2.84. The van der Waals surface area contributed by atoms with Crippen LogP contribution >= 0.6 is 0 Å². The maximum atomic E-state index is 12.3.